The van der Waals surface area contributed by atoms with Crippen LogP contribution in [0, 0.1) is 0 Å². The van der Waals surface area contributed by atoms with E-state index in [-0.39, 0.29) is 24.2 Å². The summed E-state index contributed by atoms with van der Waals surface area (Å²) in [4.78, 5) is 0. The summed E-state index contributed by atoms with van der Waals surface area (Å²) in [7, 11) is 1.33. The molecule has 6 heteroatoms. The second kappa shape index (κ2) is 6.12. The molecule has 0 aliphatic heterocycles. The first-order valence-electron chi connectivity index (χ1n) is 4.90. The Morgan fingerprint density at radius 1 is 1.35 bits per heavy atom. The Labute approximate surface area is 104 Å². The predicted molar refractivity (Wildman–Crippen MR) is 62.5 cm³/mol. The third kappa shape index (κ3) is 3.78. The van der Waals surface area contributed by atoms with E-state index in [0.29, 0.717) is 12.0 Å². The number of hydrogen-bond acceptors (Lipinski definition) is 2. The smallest absolute Gasteiger partial charge is 0.416 e. The molecule has 0 fully saturated rings. The minimum Gasteiger partial charge on any atom is -0.496 e. The fraction of sp³-hybridized carbons (Fsp3) is 0.455. The van der Waals surface area contributed by atoms with Gasteiger partial charge in [0.2, 0.25) is 0 Å². The van der Waals surface area contributed by atoms with Crippen LogP contribution in [0.3, 0.4) is 0 Å². The topological polar surface area (TPSA) is 35.2 Å². The van der Waals surface area contributed by atoms with Gasteiger partial charge in [0, 0.05) is 11.6 Å². The molecule has 17 heavy (non-hydrogen) atoms. The fourth-order valence-corrected chi connectivity index (χ4v) is 1.41. The minimum atomic E-state index is -4.36. The average molecular weight is 270 g/mol. The van der Waals surface area contributed by atoms with E-state index in [1.54, 1.807) is 0 Å². The standard InChI is InChI=1S/C11H14F3NO.ClH/c1-3-9(15)8-5-4-7(11(12,13)14)6-10(8)16-2;/h4-6,9H,3,15H2,1-2H3;1H. The number of methoxy groups -OCH3 is 1. The average Bonchev–Trinajstić information content (AvgIpc) is 2.26. The molecule has 0 aromatic heterocycles. The van der Waals surface area contributed by atoms with Gasteiger partial charge in [-0.3, -0.25) is 0 Å². The van der Waals surface area contributed by atoms with Crippen LogP contribution in [0.15, 0.2) is 18.2 Å². The zero-order valence-electron chi connectivity index (χ0n) is 9.54. The van der Waals surface area contributed by atoms with Gasteiger partial charge in [-0.05, 0) is 18.6 Å². The lowest BCUT2D eigenvalue weighted by Gasteiger charge is -2.16. The van der Waals surface area contributed by atoms with Gasteiger partial charge in [-0.25, -0.2) is 0 Å². The molecule has 1 aromatic carbocycles. The lowest BCUT2D eigenvalue weighted by molar-refractivity contribution is -0.137. The van der Waals surface area contributed by atoms with Gasteiger partial charge in [-0.1, -0.05) is 13.0 Å². The molecule has 0 amide bonds. The van der Waals surface area contributed by atoms with Gasteiger partial charge in [0.05, 0.1) is 12.7 Å². The molecule has 0 radical (unpaired) electrons. The molecule has 1 atom stereocenters. The summed E-state index contributed by atoms with van der Waals surface area (Å²) in [6.07, 6.45) is -3.72. The lowest BCUT2D eigenvalue weighted by Crippen LogP contribution is -2.12. The lowest BCUT2D eigenvalue weighted by atomic mass is 10.0. The third-order valence-electron chi connectivity index (χ3n) is 2.40. The van der Waals surface area contributed by atoms with Gasteiger partial charge in [0.15, 0.2) is 0 Å². The maximum Gasteiger partial charge on any atom is 0.416 e. The number of alkyl halides is 3. The van der Waals surface area contributed by atoms with E-state index >= 15 is 0 Å². The highest BCUT2D eigenvalue weighted by molar-refractivity contribution is 5.85. The van der Waals surface area contributed by atoms with Gasteiger partial charge in [0.25, 0.3) is 0 Å². The number of hydrogen-bond donors (Lipinski definition) is 1. The first-order valence-corrected chi connectivity index (χ1v) is 4.90. The van der Waals surface area contributed by atoms with Crippen LogP contribution >= 0.6 is 12.4 Å². The molecular formula is C11H15ClF3NO. The summed E-state index contributed by atoms with van der Waals surface area (Å²) in [5, 5.41) is 0. The zero-order valence-corrected chi connectivity index (χ0v) is 10.4. The molecule has 1 rings (SSSR count). The van der Waals surface area contributed by atoms with Crippen molar-refractivity contribution in [3.63, 3.8) is 0 Å². The Kier molecular flexibility index (Phi) is 5.78. The molecule has 1 unspecified atom stereocenters. The van der Waals surface area contributed by atoms with Crippen molar-refractivity contribution in [3.05, 3.63) is 29.3 Å². The van der Waals surface area contributed by atoms with Gasteiger partial charge in [-0.2, -0.15) is 13.2 Å². The predicted octanol–water partition coefficient (Wildman–Crippen LogP) is 3.55. The zero-order chi connectivity index (χ0) is 12.3. The SMILES string of the molecule is CCC(N)c1ccc(C(F)(F)F)cc1OC.Cl. The second-order valence-corrected chi connectivity index (χ2v) is 3.47. The van der Waals surface area contributed by atoms with Crippen LogP contribution in [0.25, 0.3) is 0 Å². The van der Waals surface area contributed by atoms with Crippen LogP contribution in [0.5, 0.6) is 5.75 Å². The summed E-state index contributed by atoms with van der Waals surface area (Å²) in [6, 6.07) is 3.06. The van der Waals surface area contributed by atoms with Crippen LogP contribution in [-0.4, -0.2) is 7.11 Å². The molecule has 0 aliphatic rings. The Morgan fingerprint density at radius 3 is 2.35 bits per heavy atom. The van der Waals surface area contributed by atoms with E-state index in [4.69, 9.17) is 10.5 Å². The van der Waals surface area contributed by atoms with Gasteiger partial charge < -0.3 is 10.5 Å². The van der Waals surface area contributed by atoms with Crippen LogP contribution in [-0.2, 0) is 6.18 Å². The summed E-state index contributed by atoms with van der Waals surface area (Å²) < 4.78 is 42.2. The Bertz CT molecular complexity index is 368. The second-order valence-electron chi connectivity index (χ2n) is 3.47. The Morgan fingerprint density at radius 2 is 1.94 bits per heavy atom. The monoisotopic (exact) mass is 269 g/mol. The van der Waals surface area contributed by atoms with Crippen molar-refractivity contribution < 1.29 is 17.9 Å². The van der Waals surface area contributed by atoms with Crippen molar-refractivity contribution in [2.45, 2.75) is 25.6 Å². The van der Waals surface area contributed by atoms with E-state index in [2.05, 4.69) is 0 Å². The number of ether oxygens (including phenoxy) is 1. The van der Waals surface area contributed by atoms with Crippen LogP contribution < -0.4 is 10.5 Å². The van der Waals surface area contributed by atoms with E-state index in [1.807, 2.05) is 6.92 Å². The Balaban J connectivity index is 0.00000256. The van der Waals surface area contributed by atoms with Crippen molar-refractivity contribution in [1.82, 2.24) is 0 Å². The highest BCUT2D eigenvalue weighted by atomic mass is 35.5. The minimum absolute atomic E-state index is 0. The number of rotatable bonds is 3. The maximum absolute atomic E-state index is 12.4. The first-order chi connectivity index (χ1) is 7.40. The fourth-order valence-electron chi connectivity index (χ4n) is 1.41. The summed E-state index contributed by atoms with van der Waals surface area (Å²) in [5.41, 5.74) is 5.64. The summed E-state index contributed by atoms with van der Waals surface area (Å²) in [6.45, 7) is 1.86. The van der Waals surface area contributed by atoms with Crippen molar-refractivity contribution in [3.8, 4) is 5.75 Å². The molecule has 2 nitrogen and oxygen atoms in total. The molecule has 0 saturated carbocycles. The van der Waals surface area contributed by atoms with E-state index in [0.717, 1.165) is 12.1 Å². The van der Waals surface area contributed by atoms with Gasteiger partial charge in [0.1, 0.15) is 5.75 Å². The van der Waals surface area contributed by atoms with Crippen LogP contribution in [0.1, 0.15) is 30.5 Å². The summed E-state index contributed by atoms with van der Waals surface area (Å²) in [5.74, 6) is 0.184. The molecular weight excluding hydrogens is 255 g/mol. The molecule has 0 heterocycles. The van der Waals surface area contributed by atoms with Crippen LogP contribution in [0.2, 0.25) is 0 Å². The van der Waals surface area contributed by atoms with Crippen molar-refractivity contribution in [1.29, 1.82) is 0 Å². The highest BCUT2D eigenvalue weighted by Gasteiger charge is 2.31. The van der Waals surface area contributed by atoms with Crippen molar-refractivity contribution in [2.75, 3.05) is 7.11 Å². The van der Waals surface area contributed by atoms with Crippen LogP contribution in [0.4, 0.5) is 13.2 Å². The number of benzene rings is 1. The molecule has 0 aliphatic carbocycles. The van der Waals surface area contributed by atoms with Crippen molar-refractivity contribution in [2.24, 2.45) is 5.73 Å². The van der Waals surface area contributed by atoms with E-state index in [1.165, 1.54) is 13.2 Å². The molecule has 0 saturated heterocycles. The van der Waals surface area contributed by atoms with E-state index < -0.39 is 11.7 Å². The summed E-state index contributed by atoms with van der Waals surface area (Å²) >= 11 is 0. The highest BCUT2D eigenvalue weighted by Crippen LogP contribution is 2.34. The molecule has 0 spiro atoms. The largest absolute Gasteiger partial charge is 0.496 e. The molecule has 2 N–H and O–H groups in total. The number of halogens is 4. The first kappa shape index (κ1) is 16.1. The van der Waals surface area contributed by atoms with Crippen molar-refractivity contribution >= 4 is 12.4 Å². The Hall–Kier alpha value is -0.940. The van der Waals surface area contributed by atoms with E-state index in [9.17, 15) is 13.2 Å². The number of nitrogens with two attached hydrogens (primary N) is 1. The van der Waals surface area contributed by atoms with Gasteiger partial charge in [-0.15, -0.1) is 12.4 Å². The molecule has 1 aromatic rings. The molecule has 0 bridgehead atoms. The maximum atomic E-state index is 12.4. The third-order valence-corrected chi connectivity index (χ3v) is 2.40. The quantitative estimate of drug-likeness (QED) is 0.911. The molecule has 98 valence electrons. The van der Waals surface area contributed by atoms with Gasteiger partial charge >= 0.3 is 6.18 Å². The normalized spacial score (nSPS) is 12.8.